The lowest BCUT2D eigenvalue weighted by molar-refractivity contribution is -0.146. The van der Waals surface area contributed by atoms with Crippen LogP contribution in [0.5, 0.6) is 0 Å². The molecule has 0 saturated carbocycles. The van der Waals surface area contributed by atoms with Gasteiger partial charge >= 0.3 is 18.0 Å². The molecule has 0 aromatic heterocycles. The Balaban J connectivity index is 4.68. The highest BCUT2D eigenvalue weighted by Crippen LogP contribution is 2.21. The van der Waals surface area contributed by atoms with Crippen LogP contribution in [-0.4, -0.2) is 67.8 Å². The number of hydrogen-bond donors (Lipinski definition) is 3. The Labute approximate surface area is 393 Å². The van der Waals surface area contributed by atoms with Gasteiger partial charge in [-0.25, -0.2) is 4.79 Å². The van der Waals surface area contributed by atoms with Crippen LogP contribution in [0.1, 0.15) is 260 Å². The van der Waals surface area contributed by atoms with Crippen LogP contribution in [0.3, 0.4) is 0 Å². The molecular formula is C53H101N3O8. The Hall–Kier alpha value is -2.85. The molecule has 3 amide bonds. The van der Waals surface area contributed by atoms with Gasteiger partial charge in [-0.15, -0.1) is 0 Å². The molecule has 0 aromatic rings. The fraction of sp³-hybridized carbons (Fsp3) is 0.906. The molecule has 11 nitrogen and oxygen atoms in total. The average molecular weight is 908 g/mol. The smallest absolute Gasteiger partial charge is 0.408 e. The van der Waals surface area contributed by atoms with Crippen molar-refractivity contribution in [1.82, 2.24) is 16.0 Å². The summed E-state index contributed by atoms with van der Waals surface area (Å²) < 4.78 is 16.8. The molecule has 11 heteroatoms. The number of amides is 3. The lowest BCUT2D eigenvalue weighted by Gasteiger charge is -2.23. The number of alkyl carbamates (subject to hydrolysis) is 1. The van der Waals surface area contributed by atoms with Crippen molar-refractivity contribution in [2.45, 2.75) is 272 Å². The maximum absolute atomic E-state index is 13.2. The van der Waals surface area contributed by atoms with E-state index in [1.807, 2.05) is 0 Å². The third-order valence-corrected chi connectivity index (χ3v) is 12.0. The summed E-state index contributed by atoms with van der Waals surface area (Å²) >= 11 is 0. The number of unbranched alkanes of at least 4 members (excludes halogenated alkanes) is 20. The standard InChI is InChI=1S/C53H101N3O8/c1-8-12-16-20-22-28-36-45(34-26-18-14-10-3)43-62-49(58)38-30-24-32-40-54-48(57)42-47(56-52(61)64-53(5,6)7)51(60)55-41-33-25-31-39-50(59)63-44-46(35-27-19-15-11-4)37-29-23-21-17-13-9-2/h45-47H,8-44H2,1-7H3,(H,54,57)(H,55,60)(H,56,61)/t45?,46?,47-/m0/s1. The highest BCUT2D eigenvalue weighted by Gasteiger charge is 2.26. The van der Waals surface area contributed by atoms with E-state index in [4.69, 9.17) is 14.2 Å². The predicted octanol–water partition coefficient (Wildman–Crippen LogP) is 13.4. The zero-order valence-electron chi connectivity index (χ0n) is 42.7. The van der Waals surface area contributed by atoms with Crippen molar-refractivity contribution in [2.75, 3.05) is 26.3 Å². The van der Waals surface area contributed by atoms with E-state index in [0.717, 1.165) is 38.5 Å². The maximum atomic E-state index is 13.2. The zero-order valence-corrected chi connectivity index (χ0v) is 42.7. The van der Waals surface area contributed by atoms with Crippen molar-refractivity contribution < 1.29 is 38.2 Å². The highest BCUT2D eigenvalue weighted by atomic mass is 16.6. The Bertz CT molecular complexity index is 1160. The summed E-state index contributed by atoms with van der Waals surface area (Å²) in [6.07, 6.45) is 33.3. The van der Waals surface area contributed by atoms with Crippen molar-refractivity contribution in [2.24, 2.45) is 11.8 Å². The van der Waals surface area contributed by atoms with Gasteiger partial charge in [0.15, 0.2) is 0 Å². The second-order valence-electron chi connectivity index (χ2n) is 19.6. The van der Waals surface area contributed by atoms with E-state index in [-0.39, 0.29) is 24.3 Å². The van der Waals surface area contributed by atoms with E-state index >= 15 is 0 Å². The molecule has 0 aliphatic carbocycles. The number of rotatable bonds is 44. The second-order valence-corrected chi connectivity index (χ2v) is 19.6. The van der Waals surface area contributed by atoms with Crippen molar-refractivity contribution in [3.05, 3.63) is 0 Å². The van der Waals surface area contributed by atoms with Gasteiger partial charge in [0.05, 0.1) is 19.6 Å². The minimum absolute atomic E-state index is 0.152. The Morgan fingerprint density at radius 2 is 0.812 bits per heavy atom. The molecule has 2 unspecified atom stereocenters. The Morgan fingerprint density at radius 3 is 1.22 bits per heavy atom. The Kier molecular flexibility index (Phi) is 40.9. The van der Waals surface area contributed by atoms with Crippen LogP contribution in [0.15, 0.2) is 0 Å². The van der Waals surface area contributed by atoms with Crippen LogP contribution in [0.2, 0.25) is 0 Å². The molecule has 3 N–H and O–H groups in total. The highest BCUT2D eigenvalue weighted by molar-refractivity contribution is 5.90. The van der Waals surface area contributed by atoms with Gasteiger partial charge in [-0.1, -0.05) is 169 Å². The Morgan fingerprint density at radius 1 is 0.453 bits per heavy atom. The van der Waals surface area contributed by atoms with Crippen LogP contribution < -0.4 is 16.0 Å². The van der Waals surface area contributed by atoms with Crippen LogP contribution in [0.25, 0.3) is 0 Å². The van der Waals surface area contributed by atoms with Gasteiger partial charge in [-0.2, -0.15) is 0 Å². The lowest BCUT2D eigenvalue weighted by Crippen LogP contribution is -2.50. The SMILES string of the molecule is CCCCCCCCC(CCCCCC)COC(=O)CCCCCNC(=O)C[C@H](NC(=O)OC(C)(C)C)C(=O)NCCCCCC(=O)OCC(CCCCCC)CCCCCCCC. The van der Waals surface area contributed by atoms with E-state index in [1.54, 1.807) is 20.8 Å². The quantitative estimate of drug-likeness (QED) is 0.0311. The van der Waals surface area contributed by atoms with Crippen LogP contribution >= 0.6 is 0 Å². The molecule has 3 atom stereocenters. The minimum atomic E-state index is -1.11. The van der Waals surface area contributed by atoms with Gasteiger partial charge in [0.25, 0.3) is 0 Å². The lowest BCUT2D eigenvalue weighted by atomic mass is 9.95. The van der Waals surface area contributed by atoms with E-state index < -0.39 is 23.6 Å². The molecule has 0 rings (SSSR count). The number of hydrogen-bond acceptors (Lipinski definition) is 8. The van der Waals surface area contributed by atoms with Crippen LogP contribution in [0, 0.1) is 11.8 Å². The van der Waals surface area contributed by atoms with E-state index in [2.05, 4.69) is 43.6 Å². The topological polar surface area (TPSA) is 149 Å². The third kappa shape index (κ3) is 40.6. The summed E-state index contributed by atoms with van der Waals surface area (Å²) in [5, 5.41) is 8.27. The number of carbonyl (C=O) groups excluding carboxylic acids is 5. The molecule has 0 spiro atoms. The molecule has 64 heavy (non-hydrogen) atoms. The first-order valence-corrected chi connectivity index (χ1v) is 26.7. The predicted molar refractivity (Wildman–Crippen MR) is 263 cm³/mol. The van der Waals surface area contributed by atoms with Gasteiger partial charge < -0.3 is 30.2 Å². The van der Waals surface area contributed by atoms with E-state index in [1.165, 1.54) is 128 Å². The maximum Gasteiger partial charge on any atom is 0.408 e. The largest absolute Gasteiger partial charge is 0.465 e. The molecule has 0 aliphatic heterocycles. The van der Waals surface area contributed by atoms with Crippen LogP contribution in [0.4, 0.5) is 4.79 Å². The monoisotopic (exact) mass is 908 g/mol. The fourth-order valence-corrected chi connectivity index (χ4v) is 7.96. The number of nitrogens with one attached hydrogen (secondary N) is 3. The number of ether oxygens (including phenoxy) is 3. The molecule has 0 bridgehead atoms. The molecule has 0 heterocycles. The summed E-state index contributed by atoms with van der Waals surface area (Å²) in [5.41, 5.74) is -0.770. The molecule has 0 aromatic carbocycles. The zero-order chi connectivity index (χ0) is 47.5. The average Bonchev–Trinajstić information content (AvgIpc) is 3.25. The first kappa shape index (κ1) is 61.1. The van der Waals surface area contributed by atoms with Crippen molar-refractivity contribution in [3.63, 3.8) is 0 Å². The second kappa shape index (κ2) is 42.8. The first-order chi connectivity index (χ1) is 30.8. The van der Waals surface area contributed by atoms with Gasteiger partial charge in [-0.05, 0) is 84.0 Å². The number of esters is 2. The van der Waals surface area contributed by atoms with Gasteiger partial charge in [0, 0.05) is 25.9 Å². The fourth-order valence-electron chi connectivity index (χ4n) is 7.96. The summed E-state index contributed by atoms with van der Waals surface area (Å²) in [6, 6.07) is -1.11. The van der Waals surface area contributed by atoms with Gasteiger partial charge in [-0.3, -0.25) is 19.2 Å². The van der Waals surface area contributed by atoms with E-state index in [9.17, 15) is 24.0 Å². The summed E-state index contributed by atoms with van der Waals surface area (Å²) in [4.78, 5) is 63.9. The first-order valence-electron chi connectivity index (χ1n) is 26.7. The van der Waals surface area contributed by atoms with Gasteiger partial charge in [0.1, 0.15) is 11.6 Å². The summed E-state index contributed by atoms with van der Waals surface area (Å²) in [6.45, 7) is 15.9. The van der Waals surface area contributed by atoms with Crippen molar-refractivity contribution in [3.8, 4) is 0 Å². The molecular weight excluding hydrogens is 807 g/mol. The van der Waals surface area contributed by atoms with Crippen molar-refractivity contribution >= 4 is 29.8 Å². The molecule has 0 fully saturated rings. The molecule has 376 valence electrons. The normalized spacial score (nSPS) is 12.9. The molecule has 0 saturated heterocycles. The number of carbonyl (C=O) groups is 5. The molecule has 0 radical (unpaired) electrons. The van der Waals surface area contributed by atoms with E-state index in [0.29, 0.717) is 76.7 Å². The summed E-state index contributed by atoms with van der Waals surface area (Å²) in [7, 11) is 0. The van der Waals surface area contributed by atoms with Crippen LogP contribution in [-0.2, 0) is 33.4 Å². The van der Waals surface area contributed by atoms with Gasteiger partial charge in [0.2, 0.25) is 11.8 Å². The van der Waals surface area contributed by atoms with Crippen molar-refractivity contribution in [1.29, 1.82) is 0 Å². The third-order valence-electron chi connectivity index (χ3n) is 12.0. The molecule has 0 aliphatic rings. The minimum Gasteiger partial charge on any atom is -0.465 e. The summed E-state index contributed by atoms with van der Waals surface area (Å²) in [5.74, 6) is -0.273.